The van der Waals surface area contributed by atoms with Gasteiger partial charge in [-0.25, -0.2) is 26.3 Å². The van der Waals surface area contributed by atoms with Gasteiger partial charge in [0, 0.05) is 24.7 Å². The van der Waals surface area contributed by atoms with Gasteiger partial charge in [-0.3, -0.25) is 0 Å². The Kier molecular flexibility index (Phi) is 5.55. The van der Waals surface area contributed by atoms with E-state index in [9.17, 15) is 21.6 Å². The predicted molar refractivity (Wildman–Crippen MR) is 68.9 cm³/mol. The van der Waals surface area contributed by atoms with E-state index >= 15 is 0 Å². The minimum absolute atomic E-state index is 0.156. The van der Waals surface area contributed by atoms with Crippen LogP contribution in [-0.2, 0) is 10.0 Å². The van der Waals surface area contributed by atoms with E-state index in [1.807, 2.05) is 18.6 Å². The van der Waals surface area contributed by atoms with E-state index in [1.54, 1.807) is 0 Å². The second kappa shape index (κ2) is 6.55. The van der Waals surface area contributed by atoms with E-state index in [-0.39, 0.29) is 12.5 Å². The molecule has 8 heteroatoms. The van der Waals surface area contributed by atoms with Crippen LogP contribution in [0, 0.1) is 23.4 Å². The van der Waals surface area contributed by atoms with Crippen LogP contribution in [0.25, 0.3) is 0 Å². The fourth-order valence-electron chi connectivity index (χ4n) is 1.76. The zero-order chi connectivity index (χ0) is 15.5. The lowest BCUT2D eigenvalue weighted by molar-refractivity contribution is 0.475. The maximum Gasteiger partial charge on any atom is 0.246 e. The van der Waals surface area contributed by atoms with Gasteiger partial charge < -0.3 is 5.73 Å². The van der Waals surface area contributed by atoms with Crippen molar-refractivity contribution in [2.24, 2.45) is 11.7 Å². The summed E-state index contributed by atoms with van der Waals surface area (Å²) in [6, 6.07) is 0.147. The number of halogens is 3. The highest BCUT2D eigenvalue weighted by molar-refractivity contribution is 7.89. The highest BCUT2D eigenvalue weighted by atomic mass is 32.2. The van der Waals surface area contributed by atoms with Gasteiger partial charge in [-0.2, -0.15) is 0 Å². The summed E-state index contributed by atoms with van der Waals surface area (Å²) in [4.78, 5) is -1.20. The molecular formula is C12H17F3N2O2S. The molecule has 1 atom stereocenters. The van der Waals surface area contributed by atoms with Crippen molar-refractivity contribution in [3.05, 3.63) is 29.6 Å². The summed E-state index contributed by atoms with van der Waals surface area (Å²) in [5.41, 5.74) is 5.69. The third kappa shape index (κ3) is 4.46. The molecule has 3 N–H and O–H groups in total. The van der Waals surface area contributed by atoms with Crippen molar-refractivity contribution in [2.45, 2.75) is 31.2 Å². The van der Waals surface area contributed by atoms with Crippen LogP contribution in [-0.4, -0.2) is 21.0 Å². The molecule has 0 bridgehead atoms. The molecule has 0 fully saturated rings. The van der Waals surface area contributed by atoms with Crippen LogP contribution in [0.1, 0.15) is 20.3 Å². The van der Waals surface area contributed by atoms with Crippen LogP contribution >= 0.6 is 0 Å². The topological polar surface area (TPSA) is 72.2 Å². The van der Waals surface area contributed by atoms with Crippen molar-refractivity contribution in [3.8, 4) is 0 Å². The molecule has 0 aliphatic heterocycles. The van der Waals surface area contributed by atoms with E-state index in [0.29, 0.717) is 18.6 Å². The van der Waals surface area contributed by atoms with Gasteiger partial charge in [-0.15, -0.1) is 0 Å². The van der Waals surface area contributed by atoms with Crippen molar-refractivity contribution >= 4 is 10.0 Å². The highest BCUT2D eigenvalue weighted by Crippen LogP contribution is 2.19. The Hall–Kier alpha value is -1.12. The van der Waals surface area contributed by atoms with E-state index in [0.717, 1.165) is 0 Å². The summed E-state index contributed by atoms with van der Waals surface area (Å²) < 4.78 is 65.2. The zero-order valence-electron chi connectivity index (χ0n) is 11.2. The average molecular weight is 310 g/mol. The van der Waals surface area contributed by atoms with Gasteiger partial charge in [-0.1, -0.05) is 13.8 Å². The molecular weight excluding hydrogens is 293 g/mol. The number of nitrogens with two attached hydrogens (primary N) is 1. The zero-order valence-corrected chi connectivity index (χ0v) is 12.0. The number of hydrogen-bond donors (Lipinski definition) is 2. The van der Waals surface area contributed by atoms with E-state index in [1.165, 1.54) is 0 Å². The molecule has 0 amide bonds. The molecule has 0 aliphatic rings. The molecule has 114 valence electrons. The number of hydrogen-bond acceptors (Lipinski definition) is 3. The number of sulfonamides is 1. The van der Waals surface area contributed by atoms with Gasteiger partial charge >= 0.3 is 0 Å². The van der Waals surface area contributed by atoms with Crippen LogP contribution in [0.3, 0.4) is 0 Å². The smallest absolute Gasteiger partial charge is 0.246 e. The SMILES string of the molecule is CC(C)CC(N)CNS(=O)(=O)c1c(F)cc(F)cc1F. The molecule has 1 aromatic rings. The maximum absolute atomic E-state index is 13.4. The van der Waals surface area contributed by atoms with E-state index < -0.39 is 38.4 Å². The Bertz CT molecular complexity index is 553. The summed E-state index contributed by atoms with van der Waals surface area (Å²) >= 11 is 0. The standard InChI is InChI=1S/C12H17F3N2O2S/c1-7(2)3-9(16)6-17-20(18,19)12-10(14)4-8(13)5-11(12)15/h4-5,7,9,17H,3,6,16H2,1-2H3. The molecule has 0 aliphatic carbocycles. The Labute approximate surface area is 116 Å². The second-order valence-electron chi connectivity index (χ2n) is 4.94. The quantitative estimate of drug-likeness (QED) is 0.841. The lowest BCUT2D eigenvalue weighted by Gasteiger charge is -2.15. The predicted octanol–water partition coefficient (Wildman–Crippen LogP) is 1.76. The Morgan fingerprint density at radius 2 is 1.70 bits per heavy atom. The third-order valence-electron chi connectivity index (χ3n) is 2.54. The summed E-state index contributed by atoms with van der Waals surface area (Å²) in [5, 5.41) is 0. The van der Waals surface area contributed by atoms with Gasteiger partial charge in [0.05, 0.1) is 0 Å². The third-order valence-corrected chi connectivity index (χ3v) is 4.02. The van der Waals surface area contributed by atoms with Gasteiger partial charge in [0.15, 0.2) is 4.90 Å². The number of nitrogens with one attached hydrogen (secondary N) is 1. The molecule has 0 heterocycles. The summed E-state index contributed by atoms with van der Waals surface area (Å²) in [5.74, 6) is -3.89. The minimum Gasteiger partial charge on any atom is -0.327 e. The second-order valence-corrected chi connectivity index (χ2v) is 6.64. The Morgan fingerprint density at radius 1 is 1.20 bits per heavy atom. The molecule has 1 unspecified atom stereocenters. The van der Waals surface area contributed by atoms with Crippen molar-refractivity contribution in [3.63, 3.8) is 0 Å². The van der Waals surface area contributed by atoms with Gasteiger partial charge in [0.25, 0.3) is 0 Å². The Balaban J connectivity index is 2.90. The minimum atomic E-state index is -4.42. The normalized spacial score (nSPS) is 13.8. The van der Waals surface area contributed by atoms with Crippen molar-refractivity contribution in [2.75, 3.05) is 6.54 Å². The number of benzene rings is 1. The monoisotopic (exact) mass is 310 g/mol. The van der Waals surface area contributed by atoms with Crippen LogP contribution in [0.5, 0.6) is 0 Å². The first-order chi connectivity index (χ1) is 9.13. The van der Waals surface area contributed by atoms with Crippen LogP contribution in [0.15, 0.2) is 17.0 Å². The molecule has 1 rings (SSSR count). The average Bonchev–Trinajstić information content (AvgIpc) is 2.23. The molecule has 0 radical (unpaired) electrons. The lowest BCUT2D eigenvalue weighted by atomic mass is 10.1. The first-order valence-corrected chi connectivity index (χ1v) is 7.51. The molecule has 0 saturated heterocycles. The van der Waals surface area contributed by atoms with Crippen LogP contribution < -0.4 is 10.5 Å². The van der Waals surface area contributed by atoms with E-state index in [4.69, 9.17) is 5.73 Å². The number of rotatable bonds is 6. The first kappa shape index (κ1) is 16.9. The van der Waals surface area contributed by atoms with E-state index in [2.05, 4.69) is 0 Å². The van der Waals surface area contributed by atoms with Crippen molar-refractivity contribution < 1.29 is 21.6 Å². The van der Waals surface area contributed by atoms with Gasteiger partial charge in [0.1, 0.15) is 17.5 Å². The highest BCUT2D eigenvalue weighted by Gasteiger charge is 2.25. The Morgan fingerprint density at radius 3 is 2.15 bits per heavy atom. The van der Waals surface area contributed by atoms with Gasteiger partial charge in [-0.05, 0) is 12.3 Å². The summed E-state index contributed by atoms with van der Waals surface area (Å²) in [6.45, 7) is 3.66. The molecule has 0 aromatic heterocycles. The maximum atomic E-state index is 13.4. The molecule has 1 aromatic carbocycles. The largest absolute Gasteiger partial charge is 0.327 e. The van der Waals surface area contributed by atoms with Crippen molar-refractivity contribution in [1.82, 2.24) is 4.72 Å². The van der Waals surface area contributed by atoms with Crippen molar-refractivity contribution in [1.29, 1.82) is 0 Å². The fraction of sp³-hybridized carbons (Fsp3) is 0.500. The lowest BCUT2D eigenvalue weighted by Crippen LogP contribution is -2.38. The molecule has 0 saturated carbocycles. The molecule has 20 heavy (non-hydrogen) atoms. The summed E-state index contributed by atoms with van der Waals surface area (Å²) in [6.07, 6.45) is 0.552. The molecule has 4 nitrogen and oxygen atoms in total. The fourth-order valence-corrected chi connectivity index (χ4v) is 2.97. The molecule has 0 spiro atoms. The first-order valence-electron chi connectivity index (χ1n) is 6.03. The summed E-state index contributed by atoms with van der Waals surface area (Å²) in [7, 11) is -4.42. The van der Waals surface area contributed by atoms with Gasteiger partial charge in [0.2, 0.25) is 10.0 Å². The van der Waals surface area contributed by atoms with Crippen LogP contribution in [0.2, 0.25) is 0 Å². The van der Waals surface area contributed by atoms with Crippen LogP contribution in [0.4, 0.5) is 13.2 Å².